The highest BCUT2D eigenvalue weighted by Crippen LogP contribution is 2.24. The highest BCUT2D eigenvalue weighted by Gasteiger charge is 2.23. The second kappa shape index (κ2) is 9.63. The monoisotopic (exact) mass is 389 g/mol. The SMILES string of the molecule is O=c1c(-c2ccccc2)ccnn1CCCCN1CCOCC1c1ccccc1. The number of hydrogen-bond acceptors (Lipinski definition) is 4. The molecule has 1 aliphatic rings. The van der Waals surface area contributed by atoms with Gasteiger partial charge in [-0.2, -0.15) is 5.10 Å². The summed E-state index contributed by atoms with van der Waals surface area (Å²) in [4.78, 5) is 15.3. The number of aromatic nitrogens is 2. The minimum atomic E-state index is -0.0211. The lowest BCUT2D eigenvalue weighted by atomic mass is 10.0. The molecule has 5 nitrogen and oxygen atoms in total. The molecule has 0 N–H and O–H groups in total. The van der Waals surface area contributed by atoms with Gasteiger partial charge in [-0.1, -0.05) is 60.7 Å². The third-order valence-electron chi connectivity index (χ3n) is 5.49. The molecule has 0 spiro atoms. The van der Waals surface area contributed by atoms with Crippen molar-refractivity contribution in [2.45, 2.75) is 25.4 Å². The Balaban J connectivity index is 1.35. The lowest BCUT2D eigenvalue weighted by Crippen LogP contribution is -2.40. The number of aryl methyl sites for hydroxylation is 1. The maximum Gasteiger partial charge on any atom is 0.274 e. The third-order valence-corrected chi connectivity index (χ3v) is 5.49. The molecule has 2 aromatic carbocycles. The van der Waals surface area contributed by atoms with Gasteiger partial charge < -0.3 is 4.74 Å². The quantitative estimate of drug-likeness (QED) is 0.577. The summed E-state index contributed by atoms with van der Waals surface area (Å²) in [7, 11) is 0. The summed E-state index contributed by atoms with van der Waals surface area (Å²) in [5, 5.41) is 4.28. The van der Waals surface area contributed by atoms with E-state index < -0.39 is 0 Å². The minimum absolute atomic E-state index is 0.0211. The van der Waals surface area contributed by atoms with Crippen LogP contribution in [-0.2, 0) is 11.3 Å². The number of ether oxygens (including phenoxy) is 1. The van der Waals surface area contributed by atoms with Gasteiger partial charge in [0.2, 0.25) is 0 Å². The van der Waals surface area contributed by atoms with Crippen LogP contribution in [0, 0.1) is 0 Å². The first-order chi connectivity index (χ1) is 14.3. The molecule has 0 bridgehead atoms. The van der Waals surface area contributed by atoms with E-state index in [1.54, 1.807) is 16.9 Å². The molecule has 0 radical (unpaired) electrons. The highest BCUT2D eigenvalue weighted by molar-refractivity contribution is 5.61. The molecular formula is C24H27N3O2. The normalized spacial score (nSPS) is 17.3. The van der Waals surface area contributed by atoms with E-state index in [0.29, 0.717) is 18.2 Å². The molecule has 1 atom stereocenters. The fourth-order valence-corrected chi connectivity index (χ4v) is 3.91. The van der Waals surface area contributed by atoms with Crippen molar-refractivity contribution in [1.29, 1.82) is 0 Å². The van der Waals surface area contributed by atoms with Gasteiger partial charge in [-0.25, -0.2) is 4.68 Å². The molecule has 3 aromatic rings. The molecule has 1 unspecified atom stereocenters. The minimum Gasteiger partial charge on any atom is -0.378 e. The van der Waals surface area contributed by atoms with E-state index in [-0.39, 0.29) is 5.56 Å². The van der Waals surface area contributed by atoms with Crippen LogP contribution in [0.5, 0.6) is 0 Å². The largest absolute Gasteiger partial charge is 0.378 e. The second-order valence-corrected chi connectivity index (χ2v) is 7.38. The summed E-state index contributed by atoms with van der Waals surface area (Å²) in [6.07, 6.45) is 3.66. The topological polar surface area (TPSA) is 47.4 Å². The van der Waals surface area contributed by atoms with Gasteiger partial charge in [-0.05, 0) is 36.6 Å². The summed E-state index contributed by atoms with van der Waals surface area (Å²) >= 11 is 0. The Bertz CT molecular complexity index is 957. The van der Waals surface area contributed by atoms with Gasteiger partial charge in [0.15, 0.2) is 0 Å². The maximum atomic E-state index is 12.8. The van der Waals surface area contributed by atoms with Gasteiger partial charge in [0.05, 0.1) is 24.8 Å². The molecule has 1 aromatic heterocycles. The van der Waals surface area contributed by atoms with E-state index in [4.69, 9.17) is 4.74 Å². The van der Waals surface area contributed by atoms with E-state index in [1.165, 1.54) is 5.56 Å². The van der Waals surface area contributed by atoms with Crippen molar-refractivity contribution >= 4 is 0 Å². The van der Waals surface area contributed by atoms with Crippen LogP contribution in [0.3, 0.4) is 0 Å². The Morgan fingerprint density at radius 1 is 0.931 bits per heavy atom. The summed E-state index contributed by atoms with van der Waals surface area (Å²) in [6.45, 7) is 4.10. The zero-order chi connectivity index (χ0) is 19.9. The molecule has 29 heavy (non-hydrogen) atoms. The summed E-state index contributed by atoms with van der Waals surface area (Å²) in [5.41, 5.74) is 2.93. The predicted octanol–water partition coefficient (Wildman–Crippen LogP) is 3.76. The van der Waals surface area contributed by atoms with Crippen LogP contribution >= 0.6 is 0 Å². The first-order valence-corrected chi connectivity index (χ1v) is 10.3. The van der Waals surface area contributed by atoms with Gasteiger partial charge in [0, 0.05) is 19.3 Å². The van der Waals surface area contributed by atoms with Crippen LogP contribution < -0.4 is 5.56 Å². The summed E-state index contributed by atoms with van der Waals surface area (Å²) < 4.78 is 7.31. The number of morpholine rings is 1. The van der Waals surface area contributed by atoms with Crippen molar-refractivity contribution in [3.8, 4) is 11.1 Å². The Kier molecular flexibility index (Phi) is 6.49. The van der Waals surface area contributed by atoms with Crippen molar-refractivity contribution in [2.75, 3.05) is 26.3 Å². The summed E-state index contributed by atoms with van der Waals surface area (Å²) in [6, 6.07) is 22.4. The number of nitrogens with zero attached hydrogens (tertiary/aromatic N) is 3. The van der Waals surface area contributed by atoms with Crippen molar-refractivity contribution in [3.63, 3.8) is 0 Å². The van der Waals surface area contributed by atoms with E-state index in [2.05, 4.69) is 34.3 Å². The molecule has 1 fully saturated rings. The van der Waals surface area contributed by atoms with Crippen LogP contribution in [0.2, 0.25) is 0 Å². The van der Waals surface area contributed by atoms with Crippen molar-refractivity contribution < 1.29 is 4.74 Å². The fourth-order valence-electron chi connectivity index (χ4n) is 3.91. The fraction of sp³-hybridized carbons (Fsp3) is 0.333. The van der Waals surface area contributed by atoms with Crippen LogP contribution in [0.1, 0.15) is 24.4 Å². The molecule has 1 aliphatic heterocycles. The predicted molar refractivity (Wildman–Crippen MR) is 115 cm³/mol. The molecule has 2 heterocycles. The van der Waals surface area contributed by atoms with E-state index in [0.717, 1.165) is 44.7 Å². The Morgan fingerprint density at radius 2 is 1.66 bits per heavy atom. The van der Waals surface area contributed by atoms with Gasteiger partial charge in [-0.15, -0.1) is 0 Å². The zero-order valence-electron chi connectivity index (χ0n) is 16.6. The second-order valence-electron chi connectivity index (χ2n) is 7.38. The van der Waals surface area contributed by atoms with E-state index in [1.807, 2.05) is 36.4 Å². The first kappa shape index (κ1) is 19.6. The average Bonchev–Trinajstić information content (AvgIpc) is 2.79. The number of hydrogen-bond donors (Lipinski definition) is 0. The van der Waals surface area contributed by atoms with Crippen LogP contribution in [0.4, 0.5) is 0 Å². The molecular weight excluding hydrogens is 362 g/mol. The first-order valence-electron chi connectivity index (χ1n) is 10.3. The summed E-state index contributed by atoms with van der Waals surface area (Å²) in [5.74, 6) is 0. The molecule has 1 saturated heterocycles. The Morgan fingerprint density at radius 3 is 2.45 bits per heavy atom. The lowest BCUT2D eigenvalue weighted by Gasteiger charge is -2.36. The van der Waals surface area contributed by atoms with E-state index in [9.17, 15) is 4.79 Å². The van der Waals surface area contributed by atoms with Crippen LogP contribution in [0.15, 0.2) is 77.7 Å². The van der Waals surface area contributed by atoms with Crippen LogP contribution in [0.25, 0.3) is 11.1 Å². The molecule has 0 saturated carbocycles. The number of rotatable bonds is 7. The van der Waals surface area contributed by atoms with Gasteiger partial charge in [0.1, 0.15) is 0 Å². The third kappa shape index (κ3) is 4.81. The van der Waals surface area contributed by atoms with Crippen molar-refractivity contribution in [2.24, 2.45) is 0 Å². The standard InChI is InChI=1S/C24H27N3O2/c28-24-22(20-9-3-1-4-10-20)13-14-25-27(24)16-8-7-15-26-17-18-29-19-23(26)21-11-5-2-6-12-21/h1-6,9-14,23H,7-8,15-19H2. The van der Waals surface area contributed by atoms with Gasteiger partial charge >= 0.3 is 0 Å². The average molecular weight is 389 g/mol. The van der Waals surface area contributed by atoms with Gasteiger partial charge in [0.25, 0.3) is 5.56 Å². The molecule has 150 valence electrons. The lowest BCUT2D eigenvalue weighted by molar-refractivity contribution is -0.00919. The molecule has 5 heteroatoms. The van der Waals surface area contributed by atoms with Crippen molar-refractivity contribution in [1.82, 2.24) is 14.7 Å². The Hall–Kier alpha value is -2.76. The maximum absolute atomic E-state index is 12.8. The van der Waals surface area contributed by atoms with Gasteiger partial charge in [-0.3, -0.25) is 9.69 Å². The molecule has 0 aliphatic carbocycles. The smallest absolute Gasteiger partial charge is 0.274 e. The number of benzene rings is 2. The molecule has 0 amide bonds. The zero-order valence-corrected chi connectivity index (χ0v) is 16.6. The van der Waals surface area contributed by atoms with Crippen molar-refractivity contribution in [3.05, 3.63) is 88.8 Å². The van der Waals surface area contributed by atoms with E-state index >= 15 is 0 Å². The number of unbranched alkanes of at least 4 members (excludes halogenated alkanes) is 1. The molecule has 4 rings (SSSR count). The highest BCUT2D eigenvalue weighted by atomic mass is 16.5. The van der Waals surface area contributed by atoms with Crippen LogP contribution in [-0.4, -0.2) is 41.0 Å². The Labute approximate surface area is 171 Å².